The Balaban J connectivity index is 1.33. The number of thioether (sulfide) groups is 1. The number of aromatic nitrogens is 3. The number of amidine groups is 1. The van der Waals surface area contributed by atoms with Crippen LogP contribution in [0.25, 0.3) is 17.1 Å². The van der Waals surface area contributed by atoms with E-state index in [1.54, 1.807) is 19.0 Å². The summed E-state index contributed by atoms with van der Waals surface area (Å²) < 4.78 is 98.7. The number of nitrogens with one attached hydrogen (secondary N) is 1. The third kappa shape index (κ3) is 7.22. The minimum Gasteiger partial charge on any atom is -0.406 e. The SMILES string of the molecule is CN(C)c1ccc(C(F)(F)F)c(N2C(=O)CSC2=NC(=O)Nc2ccc(-c3ncn(-c4ccc(OC(F)(F)F)cc4)n3)cc2F)c1. The molecule has 1 aromatic heterocycles. The lowest BCUT2D eigenvalue weighted by Crippen LogP contribution is -2.32. The van der Waals surface area contributed by atoms with Crippen LogP contribution >= 0.6 is 11.8 Å². The fourth-order valence-electron chi connectivity index (χ4n) is 4.21. The van der Waals surface area contributed by atoms with Crippen LogP contribution in [0.15, 0.2) is 72.0 Å². The summed E-state index contributed by atoms with van der Waals surface area (Å²) in [5, 5.41) is 6.07. The Morgan fingerprint density at radius 3 is 2.37 bits per heavy atom. The van der Waals surface area contributed by atoms with Crippen molar-refractivity contribution < 1.29 is 45.1 Å². The zero-order valence-corrected chi connectivity index (χ0v) is 24.3. The number of anilines is 3. The molecule has 46 heavy (non-hydrogen) atoms. The van der Waals surface area contributed by atoms with Crippen LogP contribution in [0.3, 0.4) is 0 Å². The van der Waals surface area contributed by atoms with Crippen molar-refractivity contribution in [2.75, 3.05) is 35.0 Å². The van der Waals surface area contributed by atoms with Gasteiger partial charge >= 0.3 is 18.6 Å². The number of nitrogens with zero attached hydrogens (tertiary/aromatic N) is 6. The largest absolute Gasteiger partial charge is 0.573 e. The van der Waals surface area contributed by atoms with E-state index < -0.39 is 47.3 Å². The van der Waals surface area contributed by atoms with Crippen LogP contribution in [0.2, 0.25) is 0 Å². The van der Waals surface area contributed by atoms with E-state index in [0.717, 1.165) is 42.1 Å². The Morgan fingerprint density at radius 2 is 1.74 bits per heavy atom. The molecule has 240 valence electrons. The summed E-state index contributed by atoms with van der Waals surface area (Å²) in [6.07, 6.45) is -8.41. The predicted molar refractivity (Wildman–Crippen MR) is 156 cm³/mol. The van der Waals surface area contributed by atoms with Crippen molar-refractivity contribution in [3.8, 4) is 22.8 Å². The minimum atomic E-state index is -4.85. The summed E-state index contributed by atoms with van der Waals surface area (Å²) in [6, 6.07) is 10.4. The van der Waals surface area contributed by atoms with E-state index in [1.807, 2.05) is 0 Å². The number of carbonyl (C=O) groups is 2. The number of carbonyl (C=O) groups excluding carboxylic acids is 2. The van der Waals surface area contributed by atoms with Gasteiger partial charge in [0.05, 0.1) is 28.4 Å². The molecule has 3 aromatic carbocycles. The second-order valence-corrected chi connectivity index (χ2v) is 10.6. The summed E-state index contributed by atoms with van der Waals surface area (Å²) in [6.45, 7) is 0. The minimum absolute atomic E-state index is 0.0459. The number of hydrogen-bond acceptors (Lipinski definition) is 7. The van der Waals surface area contributed by atoms with Crippen LogP contribution in [0, 0.1) is 5.82 Å². The predicted octanol–water partition coefficient (Wildman–Crippen LogP) is 6.72. The highest BCUT2D eigenvalue weighted by Crippen LogP contribution is 2.41. The van der Waals surface area contributed by atoms with Gasteiger partial charge in [-0.05, 0) is 60.7 Å². The first-order chi connectivity index (χ1) is 21.6. The van der Waals surface area contributed by atoms with Crippen molar-refractivity contribution in [3.05, 3.63) is 78.4 Å². The highest BCUT2D eigenvalue weighted by molar-refractivity contribution is 8.15. The first kappa shape index (κ1) is 32.3. The molecule has 0 aliphatic carbocycles. The molecule has 0 bridgehead atoms. The van der Waals surface area contributed by atoms with Crippen molar-refractivity contribution in [2.24, 2.45) is 4.99 Å². The topological polar surface area (TPSA) is 105 Å². The van der Waals surface area contributed by atoms with Crippen LogP contribution in [0.1, 0.15) is 5.56 Å². The fraction of sp³-hybridized carbons (Fsp3) is 0.179. The molecule has 0 unspecified atom stereocenters. The van der Waals surface area contributed by atoms with Gasteiger partial charge in [-0.3, -0.25) is 9.69 Å². The van der Waals surface area contributed by atoms with Crippen LogP contribution in [0.4, 0.5) is 52.6 Å². The number of aliphatic imine (C=N–C) groups is 1. The zero-order valence-electron chi connectivity index (χ0n) is 23.5. The maximum Gasteiger partial charge on any atom is 0.573 e. The summed E-state index contributed by atoms with van der Waals surface area (Å²) in [5.41, 5.74) is -1.05. The zero-order chi connectivity index (χ0) is 33.4. The number of amides is 3. The van der Waals surface area contributed by atoms with Gasteiger partial charge in [-0.2, -0.15) is 18.2 Å². The molecule has 3 amide bonds. The van der Waals surface area contributed by atoms with Crippen molar-refractivity contribution in [1.82, 2.24) is 14.8 Å². The van der Waals surface area contributed by atoms with Gasteiger partial charge in [0.1, 0.15) is 17.9 Å². The fourth-order valence-corrected chi connectivity index (χ4v) is 5.07. The van der Waals surface area contributed by atoms with Crippen molar-refractivity contribution in [1.29, 1.82) is 0 Å². The van der Waals surface area contributed by atoms with E-state index in [9.17, 15) is 40.3 Å². The Labute approximate surface area is 259 Å². The quantitative estimate of drug-likeness (QED) is 0.228. The summed E-state index contributed by atoms with van der Waals surface area (Å²) in [5.74, 6) is -2.32. The first-order valence-electron chi connectivity index (χ1n) is 12.9. The monoisotopic (exact) mass is 667 g/mol. The number of rotatable bonds is 6. The Hall–Kier alpha value is -5.13. The standard InChI is InChI=1S/C28H20F7N7O3S/c1-40(2)17-6-9-19(27(30,31)32)22(12-17)42-23(43)13-46-26(42)38-25(44)37-21-10-3-15(11-20(21)29)24-36-14-41(39-24)16-4-7-18(8-5-16)45-28(33,34)35/h3-12,14H,13H2,1-2H3,(H,37,44). The molecule has 1 N–H and O–H groups in total. The molecule has 0 radical (unpaired) electrons. The molecule has 1 aliphatic heterocycles. The molecule has 0 spiro atoms. The van der Waals surface area contributed by atoms with Crippen molar-refractivity contribution in [3.63, 3.8) is 0 Å². The summed E-state index contributed by atoms with van der Waals surface area (Å²) in [4.78, 5) is 35.5. The second kappa shape index (κ2) is 12.3. The smallest absolute Gasteiger partial charge is 0.406 e. The lowest BCUT2D eigenvalue weighted by atomic mass is 10.1. The molecule has 1 saturated heterocycles. The highest BCUT2D eigenvalue weighted by Gasteiger charge is 2.40. The van der Waals surface area contributed by atoms with Crippen LogP contribution in [0.5, 0.6) is 5.75 Å². The van der Waals surface area contributed by atoms with E-state index in [-0.39, 0.29) is 28.0 Å². The number of urea groups is 1. The number of ether oxygens (including phenoxy) is 1. The average molecular weight is 668 g/mol. The van der Waals surface area contributed by atoms with E-state index in [0.29, 0.717) is 16.3 Å². The van der Waals surface area contributed by atoms with Crippen molar-refractivity contribution in [2.45, 2.75) is 12.5 Å². The maximum absolute atomic E-state index is 15.0. The molecular weight excluding hydrogens is 647 g/mol. The molecule has 10 nitrogen and oxygen atoms in total. The molecule has 5 rings (SSSR count). The molecular formula is C28H20F7N7O3S. The van der Waals surface area contributed by atoms with Gasteiger partial charge in [0.25, 0.3) is 0 Å². The van der Waals surface area contributed by atoms with E-state index >= 15 is 0 Å². The van der Waals surface area contributed by atoms with Gasteiger partial charge in [0, 0.05) is 25.3 Å². The number of alkyl halides is 6. The maximum atomic E-state index is 15.0. The Morgan fingerprint density at radius 1 is 1.02 bits per heavy atom. The second-order valence-electron chi connectivity index (χ2n) is 9.69. The Kier molecular flexibility index (Phi) is 8.66. The lowest BCUT2D eigenvalue weighted by molar-refractivity contribution is -0.274. The Bertz CT molecular complexity index is 1820. The number of benzene rings is 3. The van der Waals surface area contributed by atoms with Gasteiger partial charge in [0.15, 0.2) is 11.0 Å². The molecule has 1 aliphatic rings. The van der Waals surface area contributed by atoms with E-state index in [1.165, 1.54) is 41.3 Å². The van der Waals surface area contributed by atoms with Gasteiger partial charge in [0.2, 0.25) is 5.91 Å². The normalized spacial score (nSPS) is 14.6. The van der Waals surface area contributed by atoms with Gasteiger partial charge < -0.3 is 15.0 Å². The van der Waals surface area contributed by atoms with Gasteiger partial charge in [-0.15, -0.1) is 18.3 Å². The summed E-state index contributed by atoms with van der Waals surface area (Å²) in [7, 11) is 3.21. The summed E-state index contributed by atoms with van der Waals surface area (Å²) >= 11 is 0.748. The van der Waals surface area contributed by atoms with E-state index in [4.69, 9.17) is 0 Å². The van der Waals surface area contributed by atoms with Crippen LogP contribution in [-0.4, -0.2) is 58.1 Å². The van der Waals surface area contributed by atoms with Crippen LogP contribution in [-0.2, 0) is 11.0 Å². The van der Waals surface area contributed by atoms with Crippen LogP contribution < -0.4 is 19.9 Å². The molecule has 0 saturated carbocycles. The number of hydrogen-bond donors (Lipinski definition) is 1. The van der Waals surface area contributed by atoms with Gasteiger partial charge in [-0.25, -0.2) is 18.9 Å². The molecule has 1 fully saturated rings. The third-order valence-electron chi connectivity index (χ3n) is 6.30. The molecule has 0 atom stereocenters. The molecule has 4 aromatic rings. The third-order valence-corrected chi connectivity index (χ3v) is 7.23. The average Bonchev–Trinajstić information content (AvgIpc) is 3.60. The van der Waals surface area contributed by atoms with Gasteiger partial charge in [-0.1, -0.05) is 11.8 Å². The first-order valence-corrected chi connectivity index (χ1v) is 13.9. The number of halogens is 7. The molecule has 18 heteroatoms. The highest BCUT2D eigenvalue weighted by atomic mass is 32.2. The molecule has 2 heterocycles. The lowest BCUT2D eigenvalue weighted by Gasteiger charge is -2.23. The van der Waals surface area contributed by atoms with E-state index in [2.05, 4.69) is 25.1 Å². The van der Waals surface area contributed by atoms with Crippen molar-refractivity contribution >= 4 is 45.9 Å².